The summed E-state index contributed by atoms with van der Waals surface area (Å²) < 4.78 is 4.40. The molecular formula is C3H3BN2O4. The summed E-state index contributed by atoms with van der Waals surface area (Å²) in [5, 5.41) is 23.0. The van der Waals surface area contributed by atoms with Crippen LogP contribution >= 0.6 is 0 Å². The molecule has 2 N–H and O–H groups in total. The molecule has 0 aliphatic heterocycles. The van der Waals surface area contributed by atoms with Gasteiger partial charge in [0.05, 0.1) is 0 Å². The fourth-order valence-electron chi connectivity index (χ4n) is 0.398. The monoisotopic (exact) mass is 142 g/mol. The Kier molecular flexibility index (Phi) is 1.79. The number of hydrogen-bond donors (Lipinski definition) is 2. The highest BCUT2D eigenvalue weighted by atomic mass is 16.4. The summed E-state index contributed by atoms with van der Waals surface area (Å²) in [6.07, 6.45) is 0.318. The lowest BCUT2D eigenvalue weighted by molar-refractivity contribution is 0.109. The highest BCUT2D eigenvalue weighted by Gasteiger charge is 2.19. The van der Waals surface area contributed by atoms with Gasteiger partial charge in [-0.25, -0.2) is 0 Å². The normalized spacial score (nSPS) is 9.40. The lowest BCUT2D eigenvalue weighted by Crippen LogP contribution is -2.30. The van der Waals surface area contributed by atoms with Crippen LogP contribution < -0.4 is 5.79 Å². The molecule has 0 amide bonds. The van der Waals surface area contributed by atoms with Crippen LogP contribution in [0.1, 0.15) is 10.7 Å². The molecule has 10 heavy (non-hydrogen) atoms. The smallest absolute Gasteiger partial charge is 0.422 e. The highest BCUT2D eigenvalue weighted by Crippen LogP contribution is 1.82. The van der Waals surface area contributed by atoms with Crippen LogP contribution in [0.2, 0.25) is 0 Å². The van der Waals surface area contributed by atoms with E-state index >= 15 is 0 Å². The fraction of sp³-hybridized carbons (Fsp3) is 0. The molecule has 1 aromatic heterocycles. The molecule has 0 atom stereocenters. The van der Waals surface area contributed by atoms with Gasteiger partial charge in [-0.1, -0.05) is 0 Å². The van der Waals surface area contributed by atoms with Gasteiger partial charge < -0.3 is 14.5 Å². The van der Waals surface area contributed by atoms with Crippen LogP contribution in [-0.2, 0) is 0 Å². The summed E-state index contributed by atoms with van der Waals surface area (Å²) in [5.41, 5.74) is 0. The average molecular weight is 142 g/mol. The topological polar surface area (TPSA) is 96.5 Å². The Morgan fingerprint density at radius 3 is 2.50 bits per heavy atom. The van der Waals surface area contributed by atoms with Crippen LogP contribution in [0.25, 0.3) is 0 Å². The van der Waals surface area contributed by atoms with Crippen LogP contribution in [-0.4, -0.2) is 33.6 Å². The minimum atomic E-state index is -1.82. The Balaban J connectivity index is 2.88. The Morgan fingerprint density at radius 1 is 1.50 bits per heavy atom. The van der Waals surface area contributed by atoms with Gasteiger partial charge in [-0.05, 0) is 0 Å². The van der Waals surface area contributed by atoms with E-state index < -0.39 is 7.12 Å². The molecule has 1 rings (SSSR count). The second kappa shape index (κ2) is 2.59. The molecule has 0 radical (unpaired) electrons. The minimum Gasteiger partial charge on any atom is -0.422 e. The number of nitrogens with zero attached hydrogens (tertiary/aromatic N) is 2. The van der Waals surface area contributed by atoms with Crippen molar-refractivity contribution in [1.29, 1.82) is 0 Å². The molecule has 0 unspecified atom stereocenters. The van der Waals surface area contributed by atoms with Gasteiger partial charge in [0.15, 0.2) is 0 Å². The molecule has 7 heteroatoms. The van der Waals surface area contributed by atoms with Crippen LogP contribution in [0.4, 0.5) is 0 Å². The summed E-state index contributed by atoms with van der Waals surface area (Å²) >= 11 is 0. The number of hydrogen-bond acceptors (Lipinski definition) is 6. The summed E-state index contributed by atoms with van der Waals surface area (Å²) in [4.78, 5) is 9.88. The van der Waals surface area contributed by atoms with Crippen molar-refractivity contribution in [3.8, 4) is 0 Å². The zero-order chi connectivity index (χ0) is 7.56. The Morgan fingerprint density at radius 2 is 2.20 bits per heavy atom. The molecule has 1 heterocycles. The molecule has 0 aliphatic carbocycles. The third-order valence-electron chi connectivity index (χ3n) is 0.778. The number of carbonyl (C=O) groups excluding carboxylic acids is 1. The van der Waals surface area contributed by atoms with Gasteiger partial charge in [0, 0.05) is 0 Å². The average Bonchev–Trinajstić information content (AvgIpc) is 2.34. The molecule has 0 bridgehead atoms. The van der Waals surface area contributed by atoms with Gasteiger partial charge in [-0.3, -0.25) is 4.79 Å². The molecule has 1 aromatic rings. The Bertz CT molecular complexity index is 234. The van der Waals surface area contributed by atoms with Crippen LogP contribution in [0.5, 0.6) is 0 Å². The molecule has 0 saturated carbocycles. The van der Waals surface area contributed by atoms with Crippen molar-refractivity contribution < 1.29 is 19.3 Å². The summed E-state index contributed by atoms with van der Waals surface area (Å²) in [6.45, 7) is 0. The Hall–Kier alpha value is -1.21. The fourth-order valence-corrected chi connectivity index (χ4v) is 0.398. The first-order chi connectivity index (χ1) is 4.74. The van der Waals surface area contributed by atoms with E-state index in [0.717, 1.165) is 0 Å². The quantitative estimate of drug-likeness (QED) is 0.351. The van der Waals surface area contributed by atoms with Crippen molar-refractivity contribution in [2.24, 2.45) is 0 Å². The number of aldehydes is 1. The van der Waals surface area contributed by atoms with Crippen molar-refractivity contribution >= 4 is 19.2 Å². The van der Waals surface area contributed by atoms with E-state index in [9.17, 15) is 4.79 Å². The summed E-state index contributed by atoms with van der Waals surface area (Å²) in [7, 11) is -1.82. The summed E-state index contributed by atoms with van der Waals surface area (Å²) in [6, 6.07) is 0. The van der Waals surface area contributed by atoms with E-state index in [1.807, 2.05) is 0 Å². The van der Waals surface area contributed by atoms with Crippen molar-refractivity contribution in [3.05, 3.63) is 5.89 Å². The van der Waals surface area contributed by atoms with Gasteiger partial charge in [-0.15, -0.1) is 10.2 Å². The second-order valence-electron chi connectivity index (χ2n) is 1.47. The van der Waals surface area contributed by atoms with E-state index in [1.165, 1.54) is 0 Å². The lowest BCUT2D eigenvalue weighted by atomic mass is 9.93. The third kappa shape index (κ3) is 1.20. The van der Waals surface area contributed by atoms with Crippen LogP contribution in [0, 0.1) is 0 Å². The largest absolute Gasteiger partial charge is 0.551 e. The van der Waals surface area contributed by atoms with Crippen molar-refractivity contribution in [2.75, 3.05) is 0 Å². The highest BCUT2D eigenvalue weighted by molar-refractivity contribution is 6.55. The number of carbonyl (C=O) groups is 1. The van der Waals surface area contributed by atoms with Crippen molar-refractivity contribution in [2.45, 2.75) is 0 Å². The molecule has 6 nitrogen and oxygen atoms in total. The molecule has 52 valence electrons. The van der Waals surface area contributed by atoms with Gasteiger partial charge in [0.2, 0.25) is 12.1 Å². The number of rotatable bonds is 2. The first-order valence-electron chi connectivity index (χ1n) is 2.38. The molecule has 0 aliphatic rings. The maximum Gasteiger partial charge on any atom is 0.551 e. The molecular weight excluding hydrogens is 139 g/mol. The van der Waals surface area contributed by atoms with E-state index in [2.05, 4.69) is 14.6 Å². The first kappa shape index (κ1) is 6.91. The van der Waals surface area contributed by atoms with E-state index in [-0.39, 0.29) is 11.7 Å². The lowest BCUT2D eigenvalue weighted by Gasteiger charge is -1.84. The Labute approximate surface area is 55.6 Å². The third-order valence-corrected chi connectivity index (χ3v) is 0.778. The minimum absolute atomic E-state index is 0.275. The first-order valence-corrected chi connectivity index (χ1v) is 2.38. The maximum atomic E-state index is 9.88. The SMILES string of the molecule is O=Cc1nnc(B(O)O)o1. The molecule has 0 fully saturated rings. The number of aromatic nitrogens is 2. The van der Waals surface area contributed by atoms with Crippen LogP contribution in [0.3, 0.4) is 0 Å². The predicted octanol–water partition coefficient (Wildman–Crippen LogP) is -2.44. The van der Waals surface area contributed by atoms with Gasteiger partial charge in [0.1, 0.15) is 0 Å². The zero-order valence-electron chi connectivity index (χ0n) is 4.76. The predicted molar refractivity (Wildman–Crippen MR) is 29.5 cm³/mol. The van der Waals surface area contributed by atoms with Gasteiger partial charge >= 0.3 is 7.12 Å². The zero-order valence-corrected chi connectivity index (χ0v) is 4.76. The van der Waals surface area contributed by atoms with Gasteiger partial charge in [0.25, 0.3) is 5.89 Å². The standard InChI is InChI=1S/C3H3BN2O4/c7-1-2-5-6-3(10-2)4(8)9/h1,8-9H. The van der Waals surface area contributed by atoms with E-state index in [0.29, 0.717) is 6.29 Å². The van der Waals surface area contributed by atoms with E-state index in [4.69, 9.17) is 10.0 Å². The maximum absolute atomic E-state index is 9.88. The molecule has 0 saturated heterocycles. The van der Waals surface area contributed by atoms with Crippen molar-refractivity contribution in [3.63, 3.8) is 0 Å². The molecule has 0 aromatic carbocycles. The van der Waals surface area contributed by atoms with E-state index in [1.54, 1.807) is 0 Å². The van der Waals surface area contributed by atoms with Crippen molar-refractivity contribution in [1.82, 2.24) is 10.2 Å². The second-order valence-corrected chi connectivity index (χ2v) is 1.47. The summed E-state index contributed by atoms with van der Waals surface area (Å²) in [5.74, 6) is -0.662. The van der Waals surface area contributed by atoms with Crippen LogP contribution in [0.15, 0.2) is 4.42 Å². The van der Waals surface area contributed by atoms with Gasteiger partial charge in [-0.2, -0.15) is 0 Å². The molecule has 0 spiro atoms.